The van der Waals surface area contributed by atoms with Crippen LogP contribution in [0.5, 0.6) is 23.0 Å². The standard InChI is InChI=1S/C57H41BN2O.C55H39BN2O/c1-57(2)48-35-45(59(42-20-11-5-12-21-42)43-22-13-6-14-23-43)31-32-46(48)47-36-55-51(37-49(47)57)58-50-34-41(39-18-9-4-10-19-39)28-33-52(50)60(53-24-15-25-54(61-55)56(53)58)44-29-26-40(27-30-44)38-16-7-3-8-17-38;1-55(2)46-33-42(57(39-18-8-4-9-19-39)40-20-10-5-11-21-40)30-31-44(46)45-34-52-48(35-47(45)55)56-53-43-22-13-12-17-38(43)27-32-50(53)58(49-23-14-24-51(59-52)54(49)56)41-28-25-37(26-29-41)36-15-6-3-7-16-36/h3-37H,1-2H3;3-35H,1-2H3. The van der Waals surface area contributed by atoms with Gasteiger partial charge in [-0.1, -0.05) is 295 Å². The van der Waals surface area contributed by atoms with Gasteiger partial charge in [-0.2, -0.15) is 0 Å². The zero-order chi connectivity index (χ0) is 79.9. The van der Waals surface area contributed by atoms with Crippen LogP contribution in [-0.4, -0.2) is 13.4 Å². The van der Waals surface area contributed by atoms with Crippen LogP contribution in [0.3, 0.4) is 0 Å². The molecule has 0 spiro atoms. The molecule has 120 heavy (non-hydrogen) atoms. The second kappa shape index (κ2) is 27.9. The molecule has 8 heteroatoms. The third kappa shape index (κ3) is 11.3. The minimum Gasteiger partial charge on any atom is -0.458 e. The number of para-hydroxylation sites is 4. The van der Waals surface area contributed by atoms with E-state index in [9.17, 15) is 0 Å². The van der Waals surface area contributed by atoms with Crippen LogP contribution in [0.25, 0.3) is 66.4 Å². The van der Waals surface area contributed by atoms with E-state index in [-0.39, 0.29) is 24.3 Å². The number of anilines is 12. The molecule has 0 saturated carbocycles. The number of rotatable bonds is 11. The summed E-state index contributed by atoms with van der Waals surface area (Å²) in [5.41, 5.74) is 38.2. The normalized spacial score (nSPS) is 13.7. The summed E-state index contributed by atoms with van der Waals surface area (Å²) in [7, 11) is 0. The predicted octanol–water partition coefficient (Wildman–Crippen LogP) is 25.9. The Morgan fingerprint density at radius 3 is 1.05 bits per heavy atom. The molecule has 4 heterocycles. The van der Waals surface area contributed by atoms with Crippen LogP contribution in [0.2, 0.25) is 0 Å². The van der Waals surface area contributed by atoms with E-state index in [0.717, 1.165) is 79.9 Å². The highest BCUT2D eigenvalue weighted by molar-refractivity contribution is 7.01. The molecule has 6 aliphatic rings. The third-order valence-corrected chi connectivity index (χ3v) is 26.0. The first-order chi connectivity index (χ1) is 59.0. The summed E-state index contributed by atoms with van der Waals surface area (Å²) < 4.78 is 14.1. The van der Waals surface area contributed by atoms with E-state index >= 15 is 0 Å². The van der Waals surface area contributed by atoms with Gasteiger partial charge in [0.2, 0.25) is 0 Å². The van der Waals surface area contributed by atoms with Crippen molar-refractivity contribution in [3.8, 4) is 78.6 Å². The molecular formula is C112H80B2N4O2. The summed E-state index contributed by atoms with van der Waals surface area (Å²) in [4.78, 5) is 9.59. The Morgan fingerprint density at radius 1 is 0.233 bits per heavy atom. The first-order valence-corrected chi connectivity index (χ1v) is 41.7. The number of benzene rings is 18. The maximum atomic E-state index is 7.07. The largest absolute Gasteiger partial charge is 0.458 e. The second-order valence-electron chi connectivity index (χ2n) is 33.4. The van der Waals surface area contributed by atoms with Gasteiger partial charge in [-0.05, 0) is 267 Å². The van der Waals surface area contributed by atoms with Crippen LogP contribution in [0.1, 0.15) is 49.9 Å². The summed E-state index contributed by atoms with van der Waals surface area (Å²) in [6.07, 6.45) is 0. The average molecular weight is 1540 g/mol. The molecule has 566 valence electrons. The van der Waals surface area contributed by atoms with Crippen molar-refractivity contribution >= 4 is 125 Å². The minimum absolute atomic E-state index is 0.0158. The Balaban J connectivity index is 0.000000140. The summed E-state index contributed by atoms with van der Waals surface area (Å²) in [5.74, 6) is 3.68. The number of hydrogen-bond donors (Lipinski definition) is 0. The van der Waals surface area contributed by atoms with Crippen molar-refractivity contribution in [1.82, 2.24) is 0 Å². The van der Waals surface area contributed by atoms with Gasteiger partial charge in [0.05, 0.1) is 0 Å². The van der Waals surface area contributed by atoms with Gasteiger partial charge in [-0.25, -0.2) is 0 Å². The van der Waals surface area contributed by atoms with Crippen molar-refractivity contribution in [3.63, 3.8) is 0 Å². The summed E-state index contributed by atoms with van der Waals surface area (Å²) in [5, 5.41) is 2.51. The molecule has 0 atom stereocenters. The predicted molar refractivity (Wildman–Crippen MR) is 503 cm³/mol. The van der Waals surface area contributed by atoms with Crippen molar-refractivity contribution < 1.29 is 9.47 Å². The molecule has 0 aromatic heterocycles. The van der Waals surface area contributed by atoms with E-state index in [4.69, 9.17) is 9.47 Å². The SMILES string of the molecule is CC1(C)c2cc(N(c3ccccc3)c3ccccc3)ccc2-c2cc3c(cc21)B1c2c(cccc2N(c2ccc(-c4ccccc4)cc2)c2ccc4ccccc4c21)O3.CC1(C)c2cc(N(c3ccccc3)c3ccccc3)ccc2-c2cc3c(cc21)B1c2cc(-c4ccccc4)ccc2N(c2ccc(-c4ccccc4)cc2)c2cccc(c21)O3. The molecule has 18 aromatic rings. The highest BCUT2D eigenvalue weighted by atomic mass is 16.5. The molecule has 0 bridgehead atoms. The van der Waals surface area contributed by atoms with Crippen molar-refractivity contribution in [3.05, 3.63) is 435 Å². The molecule has 0 fully saturated rings. The molecule has 6 nitrogen and oxygen atoms in total. The van der Waals surface area contributed by atoms with Crippen LogP contribution in [0, 0.1) is 0 Å². The molecule has 18 aromatic carbocycles. The lowest BCUT2D eigenvalue weighted by atomic mass is 9.33. The second-order valence-corrected chi connectivity index (χ2v) is 33.4. The summed E-state index contributed by atoms with van der Waals surface area (Å²) in [6.45, 7) is 9.50. The molecule has 2 aliphatic carbocycles. The fourth-order valence-corrected chi connectivity index (χ4v) is 20.3. The van der Waals surface area contributed by atoms with Crippen LogP contribution in [-0.2, 0) is 10.8 Å². The highest BCUT2D eigenvalue weighted by Crippen LogP contribution is 2.56. The smallest absolute Gasteiger partial charge is 0.257 e. The van der Waals surface area contributed by atoms with Gasteiger partial charge >= 0.3 is 0 Å². The van der Waals surface area contributed by atoms with Gasteiger partial charge in [0.1, 0.15) is 23.0 Å². The molecule has 4 aliphatic heterocycles. The van der Waals surface area contributed by atoms with E-state index in [1.807, 2.05) is 0 Å². The maximum Gasteiger partial charge on any atom is 0.257 e. The average Bonchev–Trinajstić information content (AvgIpc) is 1.21. The van der Waals surface area contributed by atoms with Gasteiger partial charge in [0, 0.05) is 79.1 Å². The zero-order valence-corrected chi connectivity index (χ0v) is 67.0. The quantitative estimate of drug-likeness (QED) is 0.120. The number of hydrogen-bond acceptors (Lipinski definition) is 6. The van der Waals surface area contributed by atoms with Crippen molar-refractivity contribution in [2.24, 2.45) is 0 Å². The van der Waals surface area contributed by atoms with Gasteiger partial charge in [-0.15, -0.1) is 0 Å². The topological polar surface area (TPSA) is 31.4 Å². The Hall–Kier alpha value is -14.9. The molecular weight excluding hydrogens is 1450 g/mol. The van der Waals surface area contributed by atoms with E-state index < -0.39 is 0 Å². The van der Waals surface area contributed by atoms with Gasteiger partial charge in [-0.3, -0.25) is 0 Å². The maximum absolute atomic E-state index is 7.07. The minimum atomic E-state index is -0.259. The molecule has 0 unspecified atom stereocenters. The van der Waals surface area contributed by atoms with E-state index in [0.29, 0.717) is 0 Å². The molecule has 0 amide bonds. The Labute approximate surface area is 701 Å². The number of nitrogens with zero attached hydrogens (tertiary/aromatic N) is 4. The molecule has 0 radical (unpaired) electrons. The van der Waals surface area contributed by atoms with Gasteiger partial charge in [0.25, 0.3) is 13.4 Å². The van der Waals surface area contributed by atoms with E-state index in [1.54, 1.807) is 0 Å². The first-order valence-electron chi connectivity index (χ1n) is 41.7. The van der Waals surface area contributed by atoms with E-state index in [1.165, 1.54) is 133 Å². The highest BCUT2D eigenvalue weighted by Gasteiger charge is 2.48. The first kappa shape index (κ1) is 70.5. The van der Waals surface area contributed by atoms with Crippen LogP contribution in [0.4, 0.5) is 68.2 Å². The van der Waals surface area contributed by atoms with Crippen LogP contribution in [0.15, 0.2) is 413 Å². The van der Waals surface area contributed by atoms with Crippen LogP contribution < -0.4 is 61.9 Å². The third-order valence-electron chi connectivity index (χ3n) is 26.0. The number of fused-ring (bicyclic) bond motifs is 16. The fourth-order valence-electron chi connectivity index (χ4n) is 20.3. The molecule has 0 N–H and O–H groups in total. The monoisotopic (exact) mass is 1530 g/mol. The van der Waals surface area contributed by atoms with Crippen molar-refractivity contribution in [2.75, 3.05) is 19.6 Å². The molecule has 24 rings (SSSR count). The van der Waals surface area contributed by atoms with Crippen LogP contribution >= 0.6 is 0 Å². The van der Waals surface area contributed by atoms with E-state index in [2.05, 4.69) is 460 Å². The Kier molecular flexibility index (Phi) is 16.4. The molecule has 0 saturated heterocycles. The zero-order valence-electron chi connectivity index (χ0n) is 67.0. The lowest BCUT2D eigenvalue weighted by molar-refractivity contribution is 0.487. The van der Waals surface area contributed by atoms with Gasteiger partial charge < -0.3 is 29.1 Å². The summed E-state index contributed by atoms with van der Waals surface area (Å²) >= 11 is 0. The fraction of sp³-hybridized carbons (Fsp3) is 0.0536. The Morgan fingerprint density at radius 2 is 0.592 bits per heavy atom. The number of ether oxygens (including phenoxy) is 2. The Bertz CT molecular complexity index is 7010. The lowest BCUT2D eigenvalue weighted by Gasteiger charge is -2.41. The lowest BCUT2D eigenvalue weighted by Crippen LogP contribution is -2.59. The van der Waals surface area contributed by atoms with Crippen molar-refractivity contribution in [2.45, 2.75) is 38.5 Å². The summed E-state index contributed by atoms with van der Waals surface area (Å²) in [6, 6.07) is 150. The van der Waals surface area contributed by atoms with Gasteiger partial charge in [0.15, 0.2) is 0 Å². The van der Waals surface area contributed by atoms with Crippen molar-refractivity contribution in [1.29, 1.82) is 0 Å².